The number of hydrogen-bond acceptors (Lipinski definition) is 6. The number of halogens is 1. The summed E-state index contributed by atoms with van der Waals surface area (Å²) in [4.78, 5) is 22.1. The highest BCUT2D eigenvalue weighted by molar-refractivity contribution is 7.98. The van der Waals surface area contributed by atoms with Gasteiger partial charge in [0, 0.05) is 17.5 Å². The highest BCUT2D eigenvalue weighted by Gasteiger charge is 2.29. The molecule has 2 heterocycles. The third-order valence-electron chi connectivity index (χ3n) is 4.17. The average Bonchev–Trinajstić information content (AvgIpc) is 3.35. The summed E-state index contributed by atoms with van der Waals surface area (Å²) in [5.41, 5.74) is 0.578. The van der Waals surface area contributed by atoms with Crippen LogP contribution in [0.5, 0.6) is 0 Å². The Morgan fingerprint density at radius 2 is 2.15 bits per heavy atom. The molecule has 1 fully saturated rings. The number of aromatic nitrogens is 4. The summed E-state index contributed by atoms with van der Waals surface area (Å²) in [6, 6.07) is 5.21. The van der Waals surface area contributed by atoms with Gasteiger partial charge in [0.25, 0.3) is 5.56 Å². The van der Waals surface area contributed by atoms with Crippen LogP contribution >= 0.6 is 23.4 Å². The van der Waals surface area contributed by atoms with E-state index in [1.165, 1.54) is 11.8 Å². The highest BCUT2D eigenvalue weighted by atomic mass is 35.5. The maximum atomic E-state index is 13.0. The SMILES string of the molecule is CC(C)Cn1c(SCc2noc(C3CC3)n2)nc2ccc(Cl)cc2c1=O. The summed E-state index contributed by atoms with van der Waals surface area (Å²) in [7, 11) is 0. The number of benzene rings is 1. The van der Waals surface area contributed by atoms with E-state index in [0.29, 0.717) is 51.0 Å². The Bertz CT molecular complexity index is 1010. The van der Waals surface area contributed by atoms with Gasteiger partial charge in [0.2, 0.25) is 5.89 Å². The number of fused-ring (bicyclic) bond motifs is 1. The molecule has 0 amide bonds. The van der Waals surface area contributed by atoms with Crippen molar-refractivity contribution in [2.45, 2.75) is 50.1 Å². The van der Waals surface area contributed by atoms with Crippen molar-refractivity contribution in [2.75, 3.05) is 0 Å². The maximum Gasteiger partial charge on any atom is 0.262 e. The molecule has 136 valence electrons. The lowest BCUT2D eigenvalue weighted by atomic mass is 10.2. The summed E-state index contributed by atoms with van der Waals surface area (Å²) in [6.07, 6.45) is 2.25. The van der Waals surface area contributed by atoms with Crippen LogP contribution in [0.2, 0.25) is 5.02 Å². The third-order valence-corrected chi connectivity index (χ3v) is 5.38. The standard InChI is InChI=1S/C18H19ClN4O2S/c1-10(2)8-23-17(24)13-7-12(19)5-6-14(13)20-18(23)26-9-15-21-16(25-22-15)11-3-4-11/h5-7,10-11H,3-4,8-9H2,1-2H3. The van der Waals surface area contributed by atoms with Gasteiger partial charge in [-0.3, -0.25) is 9.36 Å². The Kier molecular flexibility index (Phi) is 4.75. The smallest absolute Gasteiger partial charge is 0.262 e. The summed E-state index contributed by atoms with van der Waals surface area (Å²) < 4.78 is 7.02. The number of thioether (sulfide) groups is 1. The highest BCUT2D eigenvalue weighted by Crippen LogP contribution is 2.39. The van der Waals surface area contributed by atoms with E-state index in [9.17, 15) is 4.79 Å². The van der Waals surface area contributed by atoms with Crippen LogP contribution in [0.1, 0.15) is 44.3 Å². The fraction of sp³-hybridized carbons (Fsp3) is 0.444. The average molecular weight is 391 g/mol. The zero-order valence-corrected chi connectivity index (χ0v) is 16.2. The first kappa shape index (κ1) is 17.5. The second kappa shape index (κ2) is 7.04. The van der Waals surface area contributed by atoms with Crippen LogP contribution in [0.4, 0.5) is 0 Å². The molecule has 0 atom stereocenters. The van der Waals surface area contributed by atoms with Crippen molar-refractivity contribution in [3.8, 4) is 0 Å². The van der Waals surface area contributed by atoms with Gasteiger partial charge in [-0.15, -0.1) is 0 Å². The van der Waals surface area contributed by atoms with Crippen LogP contribution < -0.4 is 5.56 Å². The van der Waals surface area contributed by atoms with Crippen LogP contribution in [-0.4, -0.2) is 19.7 Å². The molecule has 1 aliphatic carbocycles. The minimum Gasteiger partial charge on any atom is -0.339 e. The number of nitrogens with zero attached hydrogens (tertiary/aromatic N) is 4. The molecule has 1 saturated carbocycles. The Hall–Kier alpha value is -1.86. The topological polar surface area (TPSA) is 73.8 Å². The largest absolute Gasteiger partial charge is 0.339 e. The lowest BCUT2D eigenvalue weighted by Crippen LogP contribution is -2.25. The molecule has 26 heavy (non-hydrogen) atoms. The second-order valence-electron chi connectivity index (χ2n) is 6.98. The van der Waals surface area contributed by atoms with Crippen LogP contribution in [-0.2, 0) is 12.3 Å². The molecule has 1 aliphatic rings. The van der Waals surface area contributed by atoms with Gasteiger partial charge in [0.05, 0.1) is 16.7 Å². The molecular weight excluding hydrogens is 372 g/mol. The Balaban J connectivity index is 1.67. The Morgan fingerprint density at radius 3 is 2.88 bits per heavy atom. The minimum absolute atomic E-state index is 0.0690. The van der Waals surface area contributed by atoms with Gasteiger partial charge >= 0.3 is 0 Å². The molecule has 0 spiro atoms. The van der Waals surface area contributed by atoms with E-state index in [0.717, 1.165) is 18.7 Å². The van der Waals surface area contributed by atoms with Crippen molar-refractivity contribution < 1.29 is 4.52 Å². The van der Waals surface area contributed by atoms with Crippen LogP contribution in [0.15, 0.2) is 32.7 Å². The molecule has 0 aliphatic heterocycles. The van der Waals surface area contributed by atoms with E-state index < -0.39 is 0 Å². The fourth-order valence-corrected chi connectivity index (χ4v) is 3.78. The molecule has 1 aromatic carbocycles. The van der Waals surface area contributed by atoms with Gasteiger partial charge in [0.1, 0.15) is 0 Å². The molecule has 0 N–H and O–H groups in total. The van der Waals surface area contributed by atoms with Gasteiger partial charge in [-0.1, -0.05) is 42.4 Å². The van der Waals surface area contributed by atoms with E-state index >= 15 is 0 Å². The Labute approximate surface area is 160 Å². The molecule has 3 aromatic rings. The van der Waals surface area contributed by atoms with E-state index in [1.54, 1.807) is 22.8 Å². The summed E-state index contributed by atoms with van der Waals surface area (Å²) in [5, 5.41) is 5.78. The van der Waals surface area contributed by atoms with Gasteiger partial charge in [-0.2, -0.15) is 4.98 Å². The van der Waals surface area contributed by atoms with Crippen molar-refractivity contribution in [1.29, 1.82) is 0 Å². The fourth-order valence-electron chi connectivity index (χ4n) is 2.76. The van der Waals surface area contributed by atoms with Crippen molar-refractivity contribution >= 4 is 34.3 Å². The molecule has 0 saturated heterocycles. The van der Waals surface area contributed by atoms with Crippen molar-refractivity contribution in [1.82, 2.24) is 19.7 Å². The zero-order chi connectivity index (χ0) is 18.3. The lowest BCUT2D eigenvalue weighted by molar-refractivity contribution is 0.375. The third kappa shape index (κ3) is 3.64. The monoisotopic (exact) mass is 390 g/mol. The first-order valence-electron chi connectivity index (χ1n) is 8.66. The lowest BCUT2D eigenvalue weighted by Gasteiger charge is -2.14. The summed E-state index contributed by atoms with van der Waals surface area (Å²) in [5.74, 6) is 2.63. The molecule has 2 aromatic heterocycles. The maximum absolute atomic E-state index is 13.0. The molecule has 6 nitrogen and oxygen atoms in total. The number of rotatable bonds is 6. The minimum atomic E-state index is -0.0690. The first-order chi connectivity index (χ1) is 12.5. The zero-order valence-electron chi connectivity index (χ0n) is 14.6. The molecule has 4 rings (SSSR count). The van der Waals surface area contributed by atoms with E-state index in [1.807, 2.05) is 0 Å². The molecule has 0 unspecified atom stereocenters. The van der Waals surface area contributed by atoms with Gasteiger partial charge < -0.3 is 4.52 Å². The second-order valence-corrected chi connectivity index (χ2v) is 8.36. The summed E-state index contributed by atoms with van der Waals surface area (Å²) in [6.45, 7) is 4.74. The normalized spacial score (nSPS) is 14.5. The molecule has 0 radical (unpaired) electrons. The molecule has 8 heteroatoms. The van der Waals surface area contributed by atoms with E-state index in [2.05, 4.69) is 29.0 Å². The van der Waals surface area contributed by atoms with Crippen molar-refractivity contribution in [2.24, 2.45) is 5.92 Å². The van der Waals surface area contributed by atoms with Crippen LogP contribution in [0.25, 0.3) is 10.9 Å². The van der Waals surface area contributed by atoms with Crippen LogP contribution in [0.3, 0.4) is 0 Å². The van der Waals surface area contributed by atoms with Gasteiger partial charge in [-0.25, -0.2) is 4.98 Å². The predicted molar refractivity (Wildman–Crippen MR) is 102 cm³/mol. The molecular formula is C18H19ClN4O2S. The van der Waals surface area contributed by atoms with Crippen molar-refractivity contribution in [3.63, 3.8) is 0 Å². The number of hydrogen-bond donors (Lipinski definition) is 0. The summed E-state index contributed by atoms with van der Waals surface area (Å²) >= 11 is 7.51. The van der Waals surface area contributed by atoms with Crippen LogP contribution in [0, 0.1) is 5.92 Å². The predicted octanol–water partition coefficient (Wildman–Crippen LogP) is 4.26. The quantitative estimate of drug-likeness (QED) is 0.462. The van der Waals surface area contributed by atoms with Gasteiger partial charge in [0.15, 0.2) is 11.0 Å². The van der Waals surface area contributed by atoms with Gasteiger partial charge in [-0.05, 0) is 37.0 Å². The van der Waals surface area contributed by atoms with E-state index in [-0.39, 0.29) is 5.56 Å². The first-order valence-corrected chi connectivity index (χ1v) is 10.0. The Morgan fingerprint density at radius 1 is 1.35 bits per heavy atom. The van der Waals surface area contributed by atoms with Crippen molar-refractivity contribution in [3.05, 3.63) is 45.3 Å². The van der Waals surface area contributed by atoms with E-state index in [4.69, 9.17) is 16.1 Å². The molecule has 0 bridgehead atoms.